The third kappa shape index (κ3) is 8.93. The summed E-state index contributed by atoms with van der Waals surface area (Å²) in [4.78, 5) is 0. The van der Waals surface area contributed by atoms with Gasteiger partial charge in [-0.15, -0.1) is 0 Å². The van der Waals surface area contributed by atoms with Crippen LogP contribution in [0, 0.1) is 0 Å². The zero-order chi connectivity index (χ0) is 11.6. The van der Waals surface area contributed by atoms with Gasteiger partial charge in [-0.2, -0.15) is 0 Å². The van der Waals surface area contributed by atoms with E-state index in [4.69, 9.17) is 5.11 Å². The van der Waals surface area contributed by atoms with Crippen molar-refractivity contribution >= 4 is 8.73 Å². The van der Waals surface area contributed by atoms with Crippen LogP contribution in [0.2, 0.25) is 0 Å². The van der Waals surface area contributed by atoms with Crippen molar-refractivity contribution < 1.29 is 5.11 Å². The molecule has 2 nitrogen and oxygen atoms in total. The molecule has 0 saturated carbocycles. The van der Waals surface area contributed by atoms with Gasteiger partial charge < -0.3 is 5.11 Å². The molecular weight excluding hydrogens is 193 g/mol. The molecule has 1 atom stereocenters. The summed E-state index contributed by atoms with van der Waals surface area (Å²) in [6.45, 7) is 13.2. The SMILES string of the molecule is CC.CC(C)N(PCCCO)C(C)C. The Morgan fingerprint density at radius 1 is 1.07 bits per heavy atom. The van der Waals surface area contributed by atoms with Crippen LogP contribution in [0.15, 0.2) is 0 Å². The molecule has 0 aromatic carbocycles. The van der Waals surface area contributed by atoms with Gasteiger partial charge >= 0.3 is 0 Å². The highest BCUT2D eigenvalue weighted by atomic mass is 31.1. The predicted molar refractivity (Wildman–Crippen MR) is 68.3 cm³/mol. The average molecular weight is 221 g/mol. The standard InChI is InChI=1S/C9H22NOP.C2H6/c1-8(2)10(9(3)4)12-7-5-6-11;1-2/h8-9,11-12H,5-7H2,1-4H3;1-2H3. The second-order valence-electron chi connectivity index (χ2n) is 3.58. The Balaban J connectivity index is 0. The number of aliphatic hydroxyl groups is 1. The highest BCUT2D eigenvalue weighted by Crippen LogP contribution is 2.24. The molecule has 1 unspecified atom stereocenters. The minimum absolute atomic E-state index is 0.330. The molecule has 0 aromatic heterocycles. The van der Waals surface area contributed by atoms with Crippen molar-refractivity contribution in [3.63, 3.8) is 0 Å². The van der Waals surface area contributed by atoms with Crippen LogP contribution in [0.5, 0.6) is 0 Å². The fourth-order valence-electron chi connectivity index (χ4n) is 1.25. The zero-order valence-electron chi connectivity index (χ0n) is 10.7. The maximum atomic E-state index is 8.64. The lowest BCUT2D eigenvalue weighted by Crippen LogP contribution is -2.29. The van der Waals surface area contributed by atoms with Gasteiger partial charge in [-0.25, -0.2) is 0 Å². The van der Waals surface area contributed by atoms with E-state index in [0.29, 0.717) is 18.7 Å². The van der Waals surface area contributed by atoms with E-state index < -0.39 is 0 Å². The third-order valence-electron chi connectivity index (χ3n) is 1.74. The van der Waals surface area contributed by atoms with Crippen molar-refractivity contribution in [1.82, 2.24) is 4.67 Å². The molecule has 0 aliphatic heterocycles. The topological polar surface area (TPSA) is 23.5 Å². The Kier molecular flexibility index (Phi) is 13.7. The summed E-state index contributed by atoms with van der Waals surface area (Å²) in [5.41, 5.74) is 0. The molecule has 0 aliphatic rings. The number of aliphatic hydroxyl groups excluding tert-OH is 1. The summed E-state index contributed by atoms with van der Waals surface area (Å²) in [5.74, 6) is 0. The van der Waals surface area contributed by atoms with Gasteiger partial charge in [-0.3, -0.25) is 4.67 Å². The molecule has 0 amide bonds. The van der Waals surface area contributed by atoms with Gasteiger partial charge in [0.25, 0.3) is 0 Å². The van der Waals surface area contributed by atoms with E-state index in [-0.39, 0.29) is 0 Å². The molecule has 0 radical (unpaired) electrons. The Morgan fingerprint density at radius 2 is 1.50 bits per heavy atom. The summed E-state index contributed by atoms with van der Waals surface area (Å²) in [6, 6.07) is 1.25. The van der Waals surface area contributed by atoms with Gasteiger partial charge in [0.2, 0.25) is 0 Å². The van der Waals surface area contributed by atoms with E-state index in [1.165, 1.54) is 0 Å². The fourth-order valence-corrected chi connectivity index (χ4v) is 2.55. The second-order valence-corrected chi connectivity index (χ2v) is 4.91. The largest absolute Gasteiger partial charge is 0.396 e. The average Bonchev–Trinajstić information content (AvgIpc) is 2.14. The molecule has 1 N–H and O–H groups in total. The first-order chi connectivity index (χ1) is 6.59. The van der Waals surface area contributed by atoms with E-state index >= 15 is 0 Å². The Labute approximate surface area is 91.9 Å². The molecule has 0 rings (SSSR count). The highest BCUT2D eigenvalue weighted by molar-refractivity contribution is 7.35. The van der Waals surface area contributed by atoms with E-state index in [1.807, 2.05) is 13.8 Å². The summed E-state index contributed by atoms with van der Waals surface area (Å²) < 4.78 is 2.48. The van der Waals surface area contributed by atoms with Gasteiger partial charge in [0.15, 0.2) is 0 Å². The monoisotopic (exact) mass is 221 g/mol. The van der Waals surface area contributed by atoms with E-state index in [0.717, 1.165) is 21.3 Å². The molecule has 14 heavy (non-hydrogen) atoms. The highest BCUT2D eigenvalue weighted by Gasteiger charge is 2.11. The van der Waals surface area contributed by atoms with Gasteiger partial charge in [-0.05, 0) is 40.3 Å². The van der Waals surface area contributed by atoms with Crippen LogP contribution >= 0.6 is 8.73 Å². The lowest BCUT2D eigenvalue weighted by molar-refractivity contribution is 0.293. The number of hydrogen-bond donors (Lipinski definition) is 1. The molecule has 0 spiro atoms. The molecule has 0 heterocycles. The molecule has 3 heteroatoms. The van der Waals surface area contributed by atoms with Gasteiger partial charge in [-0.1, -0.05) is 22.6 Å². The summed E-state index contributed by atoms with van der Waals surface area (Å²) in [6.07, 6.45) is 2.07. The maximum absolute atomic E-state index is 8.64. The first-order valence-corrected chi connectivity index (χ1v) is 6.87. The first kappa shape index (κ1) is 16.8. The van der Waals surface area contributed by atoms with Crippen molar-refractivity contribution in [3.05, 3.63) is 0 Å². The van der Waals surface area contributed by atoms with Gasteiger partial charge in [0.1, 0.15) is 0 Å². The van der Waals surface area contributed by atoms with Crippen molar-refractivity contribution in [2.75, 3.05) is 12.8 Å². The van der Waals surface area contributed by atoms with Crippen LogP contribution in [-0.2, 0) is 0 Å². The van der Waals surface area contributed by atoms with E-state index in [2.05, 4.69) is 32.4 Å². The Bertz CT molecular complexity index is 99.5. The van der Waals surface area contributed by atoms with Crippen LogP contribution in [0.25, 0.3) is 0 Å². The summed E-state index contributed by atoms with van der Waals surface area (Å²) in [5, 5.41) is 8.64. The van der Waals surface area contributed by atoms with Crippen LogP contribution < -0.4 is 0 Å². The molecule has 0 saturated heterocycles. The second kappa shape index (κ2) is 11.4. The molecule has 88 valence electrons. The van der Waals surface area contributed by atoms with Crippen molar-refractivity contribution in [2.24, 2.45) is 0 Å². The van der Waals surface area contributed by atoms with Crippen molar-refractivity contribution in [2.45, 2.75) is 60.0 Å². The van der Waals surface area contributed by atoms with Crippen LogP contribution in [0.1, 0.15) is 48.0 Å². The lowest BCUT2D eigenvalue weighted by atomic mass is 10.3. The summed E-state index contributed by atoms with van der Waals surface area (Å²) >= 11 is 0. The smallest absolute Gasteiger partial charge is 0.0434 e. The summed E-state index contributed by atoms with van der Waals surface area (Å²) in [7, 11) is 0.864. The zero-order valence-corrected chi connectivity index (χ0v) is 11.7. The molecular formula is C11H28NOP. The number of rotatable bonds is 6. The molecule has 0 aliphatic carbocycles. The molecule has 0 fully saturated rings. The Morgan fingerprint density at radius 3 is 1.79 bits per heavy atom. The van der Waals surface area contributed by atoms with E-state index in [1.54, 1.807) is 0 Å². The minimum Gasteiger partial charge on any atom is -0.396 e. The van der Waals surface area contributed by atoms with Crippen LogP contribution in [-0.4, -0.2) is 34.6 Å². The van der Waals surface area contributed by atoms with Crippen LogP contribution in [0.4, 0.5) is 0 Å². The molecule has 0 aromatic rings. The number of nitrogens with zero attached hydrogens (tertiary/aromatic N) is 1. The van der Waals surface area contributed by atoms with Gasteiger partial charge in [0, 0.05) is 18.7 Å². The minimum atomic E-state index is 0.330. The fraction of sp³-hybridized carbons (Fsp3) is 1.00. The third-order valence-corrected chi connectivity index (χ3v) is 3.72. The van der Waals surface area contributed by atoms with Crippen LogP contribution in [0.3, 0.4) is 0 Å². The maximum Gasteiger partial charge on any atom is 0.0434 e. The normalized spacial score (nSPS) is 11.6. The van der Waals surface area contributed by atoms with Crippen molar-refractivity contribution in [1.29, 1.82) is 0 Å². The van der Waals surface area contributed by atoms with Gasteiger partial charge in [0.05, 0.1) is 0 Å². The first-order valence-electron chi connectivity index (χ1n) is 5.72. The van der Waals surface area contributed by atoms with E-state index in [9.17, 15) is 0 Å². The Hall–Kier alpha value is 0.350. The molecule has 0 bridgehead atoms. The van der Waals surface area contributed by atoms with Crippen molar-refractivity contribution in [3.8, 4) is 0 Å². The lowest BCUT2D eigenvalue weighted by Gasteiger charge is -2.30. The predicted octanol–water partition coefficient (Wildman–Crippen LogP) is 3.11. The quantitative estimate of drug-likeness (QED) is 0.550. The number of hydrogen-bond acceptors (Lipinski definition) is 2.